The number of phenols is 1. The van der Waals surface area contributed by atoms with Crippen LogP contribution in [0.25, 0.3) is 0 Å². The van der Waals surface area contributed by atoms with Crippen molar-refractivity contribution in [3.8, 4) is 5.75 Å². The van der Waals surface area contributed by atoms with E-state index in [1.165, 1.54) is 0 Å². The third kappa shape index (κ3) is 6.45. The van der Waals surface area contributed by atoms with Gasteiger partial charge in [0.1, 0.15) is 5.75 Å². The first-order valence-corrected chi connectivity index (χ1v) is 6.32. The van der Waals surface area contributed by atoms with Crippen LogP contribution < -0.4 is 5.32 Å². The summed E-state index contributed by atoms with van der Waals surface area (Å²) in [4.78, 5) is 22.5. The van der Waals surface area contributed by atoms with E-state index < -0.39 is 0 Å². The number of nitrogens with one attached hydrogen (secondary N) is 1. The lowest BCUT2D eigenvalue weighted by Crippen LogP contribution is -2.26. The summed E-state index contributed by atoms with van der Waals surface area (Å²) >= 11 is 0. The smallest absolute Gasteiger partial charge is 0.306 e. The summed E-state index contributed by atoms with van der Waals surface area (Å²) in [7, 11) is 0. The summed E-state index contributed by atoms with van der Waals surface area (Å²) < 4.78 is 4.73. The monoisotopic (exact) mass is 265 g/mol. The lowest BCUT2D eigenvalue weighted by atomic mass is 10.1. The number of hydrogen-bond acceptors (Lipinski definition) is 4. The molecule has 0 aliphatic rings. The van der Waals surface area contributed by atoms with Gasteiger partial charge >= 0.3 is 5.97 Å². The molecule has 104 valence electrons. The summed E-state index contributed by atoms with van der Waals surface area (Å²) in [5, 5.41) is 11.9. The van der Waals surface area contributed by atoms with E-state index in [1.54, 1.807) is 31.2 Å². The highest BCUT2D eigenvalue weighted by molar-refractivity contribution is 5.81. The molecule has 0 aromatic heterocycles. The van der Waals surface area contributed by atoms with Crippen molar-refractivity contribution < 1.29 is 19.4 Å². The molecule has 0 radical (unpaired) electrons. The second kappa shape index (κ2) is 8.13. The zero-order valence-electron chi connectivity index (χ0n) is 11.0. The van der Waals surface area contributed by atoms with Gasteiger partial charge in [0.25, 0.3) is 0 Å². The third-order valence-corrected chi connectivity index (χ3v) is 2.53. The van der Waals surface area contributed by atoms with Crippen LogP contribution in [-0.4, -0.2) is 30.1 Å². The number of phenolic OH excluding ortho intramolecular Hbond substituents is 1. The first kappa shape index (κ1) is 15.0. The molecule has 0 bridgehead atoms. The van der Waals surface area contributed by atoms with Crippen LogP contribution in [0.1, 0.15) is 25.3 Å². The number of rotatable bonds is 7. The molecule has 5 nitrogen and oxygen atoms in total. The Morgan fingerprint density at radius 3 is 2.53 bits per heavy atom. The van der Waals surface area contributed by atoms with Gasteiger partial charge in [-0.3, -0.25) is 9.59 Å². The van der Waals surface area contributed by atoms with Crippen LogP contribution in [0.3, 0.4) is 0 Å². The van der Waals surface area contributed by atoms with E-state index in [0.717, 1.165) is 5.56 Å². The van der Waals surface area contributed by atoms with Crippen molar-refractivity contribution >= 4 is 11.9 Å². The van der Waals surface area contributed by atoms with Crippen molar-refractivity contribution in [1.29, 1.82) is 0 Å². The Hall–Kier alpha value is -2.04. The van der Waals surface area contributed by atoms with Crippen molar-refractivity contribution in [2.45, 2.75) is 26.2 Å². The van der Waals surface area contributed by atoms with Gasteiger partial charge in [-0.2, -0.15) is 0 Å². The van der Waals surface area contributed by atoms with Crippen LogP contribution in [0.4, 0.5) is 0 Å². The van der Waals surface area contributed by atoms with Gasteiger partial charge in [0.2, 0.25) is 5.91 Å². The molecule has 0 aliphatic heterocycles. The van der Waals surface area contributed by atoms with Gasteiger partial charge in [-0.05, 0) is 31.0 Å². The standard InChI is InChI=1S/C14H19NO4/c1-2-19-14(18)8-7-13(17)15-10-9-11-3-5-12(16)6-4-11/h3-6,16H,2,7-10H2,1H3,(H,15,17). The van der Waals surface area contributed by atoms with E-state index in [9.17, 15) is 9.59 Å². The Bertz CT molecular complexity index is 414. The molecule has 0 aliphatic carbocycles. The number of ether oxygens (including phenoxy) is 1. The number of benzene rings is 1. The average molecular weight is 265 g/mol. The van der Waals surface area contributed by atoms with Gasteiger partial charge in [-0.1, -0.05) is 12.1 Å². The van der Waals surface area contributed by atoms with Crippen LogP contribution in [-0.2, 0) is 20.7 Å². The van der Waals surface area contributed by atoms with Crippen LogP contribution >= 0.6 is 0 Å². The number of esters is 1. The number of carbonyl (C=O) groups is 2. The molecule has 1 aromatic rings. The maximum absolute atomic E-state index is 11.4. The Morgan fingerprint density at radius 1 is 1.21 bits per heavy atom. The number of carbonyl (C=O) groups excluding carboxylic acids is 2. The second-order valence-electron chi connectivity index (χ2n) is 4.07. The predicted octanol–water partition coefficient (Wildman–Crippen LogP) is 1.39. The van der Waals surface area contributed by atoms with E-state index in [2.05, 4.69) is 5.32 Å². The van der Waals surface area contributed by atoms with Crippen LogP contribution in [0.15, 0.2) is 24.3 Å². The topological polar surface area (TPSA) is 75.6 Å². The van der Waals surface area contributed by atoms with Crippen molar-refractivity contribution in [2.24, 2.45) is 0 Å². The summed E-state index contributed by atoms with van der Waals surface area (Å²) in [6.45, 7) is 2.57. The van der Waals surface area contributed by atoms with Crippen molar-refractivity contribution in [3.05, 3.63) is 29.8 Å². The Balaban J connectivity index is 2.16. The zero-order chi connectivity index (χ0) is 14.1. The molecule has 0 unspecified atom stereocenters. The molecule has 0 heterocycles. The second-order valence-corrected chi connectivity index (χ2v) is 4.07. The first-order chi connectivity index (χ1) is 9.11. The minimum atomic E-state index is -0.351. The molecule has 0 fully saturated rings. The predicted molar refractivity (Wildman–Crippen MR) is 70.7 cm³/mol. The summed E-state index contributed by atoms with van der Waals surface area (Å²) in [6.07, 6.45) is 0.943. The quantitative estimate of drug-likeness (QED) is 0.731. The molecule has 0 atom stereocenters. The zero-order valence-corrected chi connectivity index (χ0v) is 11.0. The van der Waals surface area contributed by atoms with Gasteiger partial charge in [-0.15, -0.1) is 0 Å². The van der Waals surface area contributed by atoms with Gasteiger partial charge in [0, 0.05) is 13.0 Å². The fourth-order valence-corrected chi connectivity index (χ4v) is 1.55. The number of amides is 1. The summed E-state index contributed by atoms with van der Waals surface area (Å²) in [5.41, 5.74) is 1.03. The fraction of sp³-hybridized carbons (Fsp3) is 0.429. The largest absolute Gasteiger partial charge is 0.508 e. The molecule has 1 rings (SSSR count). The minimum Gasteiger partial charge on any atom is -0.508 e. The molecule has 19 heavy (non-hydrogen) atoms. The van der Waals surface area contributed by atoms with Crippen molar-refractivity contribution in [2.75, 3.05) is 13.2 Å². The van der Waals surface area contributed by atoms with Crippen LogP contribution in [0.5, 0.6) is 5.75 Å². The summed E-state index contributed by atoms with van der Waals surface area (Å²) in [6, 6.07) is 6.83. The third-order valence-electron chi connectivity index (χ3n) is 2.53. The van der Waals surface area contributed by atoms with E-state index in [1.807, 2.05) is 0 Å². The Labute approximate surface area is 112 Å². The van der Waals surface area contributed by atoms with Crippen LogP contribution in [0.2, 0.25) is 0 Å². The maximum Gasteiger partial charge on any atom is 0.306 e. The van der Waals surface area contributed by atoms with Crippen LogP contribution in [0, 0.1) is 0 Å². The molecule has 5 heteroatoms. The van der Waals surface area contributed by atoms with E-state index >= 15 is 0 Å². The normalized spacial score (nSPS) is 9.95. The first-order valence-electron chi connectivity index (χ1n) is 6.32. The molecule has 1 aromatic carbocycles. The highest BCUT2D eigenvalue weighted by Gasteiger charge is 2.06. The molecule has 0 saturated carbocycles. The van der Waals surface area contributed by atoms with Crippen molar-refractivity contribution in [1.82, 2.24) is 5.32 Å². The molecule has 0 saturated heterocycles. The van der Waals surface area contributed by atoms with E-state index in [-0.39, 0.29) is 30.5 Å². The average Bonchev–Trinajstić information content (AvgIpc) is 2.39. The SMILES string of the molecule is CCOC(=O)CCC(=O)NCCc1ccc(O)cc1. The van der Waals surface area contributed by atoms with Gasteiger partial charge < -0.3 is 15.2 Å². The van der Waals surface area contributed by atoms with E-state index in [0.29, 0.717) is 19.6 Å². The lowest BCUT2D eigenvalue weighted by molar-refractivity contribution is -0.144. The molecule has 1 amide bonds. The minimum absolute atomic E-state index is 0.110. The lowest BCUT2D eigenvalue weighted by Gasteiger charge is -2.05. The van der Waals surface area contributed by atoms with Crippen molar-refractivity contribution in [3.63, 3.8) is 0 Å². The highest BCUT2D eigenvalue weighted by Crippen LogP contribution is 2.09. The van der Waals surface area contributed by atoms with Gasteiger partial charge in [0.15, 0.2) is 0 Å². The molecule has 2 N–H and O–H groups in total. The molecular formula is C14H19NO4. The fourth-order valence-electron chi connectivity index (χ4n) is 1.55. The Kier molecular flexibility index (Phi) is 6.43. The molecule has 0 spiro atoms. The maximum atomic E-state index is 11.4. The van der Waals surface area contributed by atoms with E-state index in [4.69, 9.17) is 9.84 Å². The summed E-state index contributed by atoms with van der Waals surface area (Å²) in [5.74, 6) is -0.287. The molecular weight excluding hydrogens is 246 g/mol. The van der Waals surface area contributed by atoms with Gasteiger partial charge in [0.05, 0.1) is 13.0 Å². The Morgan fingerprint density at radius 2 is 1.89 bits per heavy atom. The highest BCUT2D eigenvalue weighted by atomic mass is 16.5. The number of hydrogen-bond donors (Lipinski definition) is 2. The van der Waals surface area contributed by atoms with Gasteiger partial charge in [-0.25, -0.2) is 0 Å². The number of aromatic hydroxyl groups is 1.